The maximum absolute atomic E-state index is 12.4. The molecule has 0 fully saturated rings. The Hall–Kier alpha value is -1.98. The first-order valence-corrected chi connectivity index (χ1v) is 8.13. The van der Waals surface area contributed by atoms with E-state index in [1.807, 2.05) is 19.4 Å². The number of aromatic nitrogens is 2. The quantitative estimate of drug-likeness (QED) is 0.267. The Kier molecular flexibility index (Phi) is 9.39. The summed E-state index contributed by atoms with van der Waals surface area (Å²) < 4.78 is 43.1. The Labute approximate surface area is 173 Å². The summed E-state index contributed by atoms with van der Waals surface area (Å²) in [6.07, 6.45) is 0.817. The third-order valence-corrected chi connectivity index (χ3v) is 3.56. The van der Waals surface area contributed by atoms with E-state index in [1.165, 1.54) is 12.1 Å². The van der Waals surface area contributed by atoms with Crippen LogP contribution in [-0.2, 0) is 20.0 Å². The largest absolute Gasteiger partial charge is 0.573 e. The number of hydrogen-bond donors (Lipinski definition) is 2. The van der Waals surface area contributed by atoms with Crippen molar-refractivity contribution in [2.75, 3.05) is 13.6 Å². The number of para-hydroxylation sites is 1. The van der Waals surface area contributed by atoms with Gasteiger partial charge in [0.15, 0.2) is 5.96 Å². The molecule has 0 atom stereocenters. The SMILES string of the molecule is CN=C(NCCCc1cnn(C)c1)NCc1ccccc1OC(F)(F)F.I. The zero-order valence-electron chi connectivity index (χ0n) is 15.1. The van der Waals surface area contributed by atoms with Crippen molar-refractivity contribution in [3.8, 4) is 5.75 Å². The summed E-state index contributed by atoms with van der Waals surface area (Å²) in [7, 11) is 3.47. The molecule has 0 radical (unpaired) electrons. The van der Waals surface area contributed by atoms with Crippen molar-refractivity contribution in [1.29, 1.82) is 0 Å². The molecule has 0 saturated heterocycles. The van der Waals surface area contributed by atoms with Gasteiger partial charge in [-0.15, -0.1) is 37.1 Å². The summed E-state index contributed by atoms with van der Waals surface area (Å²) in [5.41, 5.74) is 1.54. The molecule has 150 valence electrons. The number of hydrogen-bond acceptors (Lipinski definition) is 3. The predicted octanol–water partition coefficient (Wildman–Crippen LogP) is 3.23. The Morgan fingerprint density at radius 2 is 2.00 bits per heavy atom. The van der Waals surface area contributed by atoms with Gasteiger partial charge in [-0.1, -0.05) is 18.2 Å². The van der Waals surface area contributed by atoms with Crippen LogP contribution in [-0.4, -0.2) is 35.7 Å². The molecule has 1 aromatic heterocycles. The molecule has 27 heavy (non-hydrogen) atoms. The van der Waals surface area contributed by atoms with E-state index in [2.05, 4.69) is 25.5 Å². The Balaban J connectivity index is 0.00000364. The van der Waals surface area contributed by atoms with Crippen LogP contribution in [0, 0.1) is 0 Å². The first-order valence-electron chi connectivity index (χ1n) is 8.13. The van der Waals surface area contributed by atoms with Crippen LogP contribution in [0.1, 0.15) is 17.5 Å². The third kappa shape index (κ3) is 8.50. The monoisotopic (exact) mass is 497 g/mol. The van der Waals surface area contributed by atoms with Crippen molar-refractivity contribution < 1.29 is 17.9 Å². The van der Waals surface area contributed by atoms with E-state index in [9.17, 15) is 13.2 Å². The van der Waals surface area contributed by atoms with Gasteiger partial charge in [-0.05, 0) is 24.5 Å². The molecule has 0 unspecified atom stereocenters. The van der Waals surface area contributed by atoms with E-state index in [1.54, 1.807) is 23.9 Å². The fraction of sp³-hybridized carbons (Fsp3) is 0.412. The predicted molar refractivity (Wildman–Crippen MR) is 108 cm³/mol. The molecule has 0 bridgehead atoms. The van der Waals surface area contributed by atoms with Crippen LogP contribution < -0.4 is 15.4 Å². The Morgan fingerprint density at radius 3 is 2.63 bits per heavy atom. The number of ether oxygens (including phenoxy) is 1. The highest BCUT2D eigenvalue weighted by atomic mass is 127. The molecule has 2 rings (SSSR count). The molecule has 0 aliphatic rings. The third-order valence-electron chi connectivity index (χ3n) is 3.56. The van der Waals surface area contributed by atoms with Crippen molar-refractivity contribution in [2.45, 2.75) is 25.7 Å². The van der Waals surface area contributed by atoms with Gasteiger partial charge in [0.1, 0.15) is 5.75 Å². The van der Waals surface area contributed by atoms with Crippen LogP contribution in [0.5, 0.6) is 5.75 Å². The summed E-state index contributed by atoms with van der Waals surface area (Å²) in [5, 5.41) is 10.2. The van der Waals surface area contributed by atoms with Gasteiger partial charge in [0, 0.05) is 38.9 Å². The minimum Gasteiger partial charge on any atom is -0.405 e. The highest BCUT2D eigenvalue weighted by molar-refractivity contribution is 14.0. The van der Waals surface area contributed by atoms with E-state index in [0.717, 1.165) is 18.4 Å². The van der Waals surface area contributed by atoms with Gasteiger partial charge in [0.05, 0.1) is 6.20 Å². The zero-order chi connectivity index (χ0) is 19.0. The summed E-state index contributed by atoms with van der Waals surface area (Å²) in [6.45, 7) is 0.837. The normalized spacial score (nSPS) is 11.7. The highest BCUT2D eigenvalue weighted by Gasteiger charge is 2.31. The molecule has 0 amide bonds. The minimum atomic E-state index is -4.72. The number of nitrogens with zero attached hydrogens (tertiary/aromatic N) is 3. The summed E-state index contributed by atoms with van der Waals surface area (Å²) >= 11 is 0. The Bertz CT molecular complexity index is 733. The summed E-state index contributed by atoms with van der Waals surface area (Å²) in [4.78, 5) is 4.07. The van der Waals surface area contributed by atoms with E-state index in [-0.39, 0.29) is 36.3 Å². The van der Waals surface area contributed by atoms with Gasteiger partial charge in [-0.2, -0.15) is 5.10 Å². The maximum Gasteiger partial charge on any atom is 0.573 e. The van der Waals surface area contributed by atoms with Gasteiger partial charge >= 0.3 is 6.36 Å². The summed E-state index contributed by atoms with van der Waals surface area (Å²) in [5.74, 6) is 0.289. The lowest BCUT2D eigenvalue weighted by Crippen LogP contribution is -2.37. The van der Waals surface area contributed by atoms with E-state index >= 15 is 0 Å². The number of rotatable bonds is 7. The average molecular weight is 497 g/mol. The van der Waals surface area contributed by atoms with Crippen LogP contribution in [0.25, 0.3) is 0 Å². The lowest BCUT2D eigenvalue weighted by molar-refractivity contribution is -0.274. The van der Waals surface area contributed by atoms with Crippen molar-refractivity contribution in [1.82, 2.24) is 20.4 Å². The topological polar surface area (TPSA) is 63.5 Å². The summed E-state index contributed by atoms with van der Waals surface area (Å²) in [6, 6.07) is 6.01. The number of aliphatic imine (C=N–C) groups is 1. The number of aryl methyl sites for hydroxylation is 2. The first-order chi connectivity index (χ1) is 12.4. The smallest absolute Gasteiger partial charge is 0.405 e. The molecular weight excluding hydrogens is 474 g/mol. The second-order valence-corrected chi connectivity index (χ2v) is 5.63. The van der Waals surface area contributed by atoms with Gasteiger partial charge < -0.3 is 15.4 Å². The van der Waals surface area contributed by atoms with Crippen molar-refractivity contribution in [2.24, 2.45) is 12.0 Å². The molecule has 0 aliphatic carbocycles. The molecule has 1 aromatic carbocycles. The standard InChI is InChI=1S/C17H22F3N5O.HI/c1-21-16(22-9-5-6-13-10-24-25(2)12-13)23-11-14-7-3-4-8-15(14)26-17(18,19)20;/h3-4,7-8,10,12H,5-6,9,11H2,1-2H3,(H2,21,22,23);1H. The number of nitrogens with one attached hydrogen (secondary N) is 2. The van der Waals surface area contributed by atoms with Crippen molar-refractivity contribution in [3.63, 3.8) is 0 Å². The number of halogens is 4. The van der Waals surface area contributed by atoms with Gasteiger partial charge in [-0.3, -0.25) is 9.67 Å². The molecule has 0 saturated carbocycles. The minimum absolute atomic E-state index is 0. The van der Waals surface area contributed by atoms with Crippen LogP contribution in [0.3, 0.4) is 0 Å². The molecule has 1 heterocycles. The van der Waals surface area contributed by atoms with Crippen molar-refractivity contribution >= 4 is 29.9 Å². The van der Waals surface area contributed by atoms with Crippen LogP contribution in [0.15, 0.2) is 41.7 Å². The molecular formula is C17H23F3IN5O. The van der Waals surface area contributed by atoms with E-state index in [4.69, 9.17) is 0 Å². The van der Waals surface area contributed by atoms with Gasteiger partial charge in [0.25, 0.3) is 0 Å². The van der Waals surface area contributed by atoms with Gasteiger partial charge in [-0.25, -0.2) is 0 Å². The molecule has 0 spiro atoms. The number of benzene rings is 1. The lowest BCUT2D eigenvalue weighted by Gasteiger charge is -2.15. The zero-order valence-corrected chi connectivity index (χ0v) is 17.4. The molecule has 2 aromatic rings. The second-order valence-electron chi connectivity index (χ2n) is 5.63. The first kappa shape index (κ1) is 23.1. The number of guanidine groups is 1. The van der Waals surface area contributed by atoms with E-state index in [0.29, 0.717) is 18.1 Å². The van der Waals surface area contributed by atoms with Crippen molar-refractivity contribution in [3.05, 3.63) is 47.8 Å². The second kappa shape index (κ2) is 11.0. The molecule has 2 N–H and O–H groups in total. The molecule has 10 heteroatoms. The van der Waals surface area contributed by atoms with E-state index < -0.39 is 6.36 Å². The Morgan fingerprint density at radius 1 is 1.26 bits per heavy atom. The van der Waals surface area contributed by atoms with Gasteiger partial charge in [0.2, 0.25) is 0 Å². The average Bonchev–Trinajstić information content (AvgIpc) is 2.99. The molecule has 0 aliphatic heterocycles. The highest BCUT2D eigenvalue weighted by Crippen LogP contribution is 2.25. The molecule has 6 nitrogen and oxygen atoms in total. The van der Waals surface area contributed by atoms with Crippen LogP contribution in [0.2, 0.25) is 0 Å². The van der Waals surface area contributed by atoms with Crippen LogP contribution >= 0.6 is 24.0 Å². The van der Waals surface area contributed by atoms with Crippen LogP contribution in [0.4, 0.5) is 13.2 Å². The lowest BCUT2D eigenvalue weighted by atomic mass is 10.2. The number of alkyl halides is 3. The maximum atomic E-state index is 12.4. The fourth-order valence-electron chi connectivity index (χ4n) is 2.37. The fourth-order valence-corrected chi connectivity index (χ4v) is 2.37.